The summed E-state index contributed by atoms with van der Waals surface area (Å²) < 4.78 is 0. The minimum absolute atomic E-state index is 0.325. The Morgan fingerprint density at radius 2 is 1.56 bits per heavy atom. The highest BCUT2D eigenvalue weighted by Gasteiger charge is 1.91. The van der Waals surface area contributed by atoms with Crippen molar-refractivity contribution in [2.45, 2.75) is 66.7 Å². The van der Waals surface area contributed by atoms with Crippen LogP contribution in [0.4, 0.5) is 0 Å². The molecular formula is C17H30O. The Morgan fingerprint density at radius 3 is 1.89 bits per heavy atom. The summed E-state index contributed by atoms with van der Waals surface area (Å²) in [6.45, 7) is 9.92. The fourth-order valence-corrected chi connectivity index (χ4v) is 1.34. The molecule has 0 saturated carbocycles. The fraction of sp³-hybridized carbons (Fsp3) is 0.588. The van der Waals surface area contributed by atoms with Gasteiger partial charge in [-0.25, -0.2) is 0 Å². The van der Waals surface area contributed by atoms with Crippen molar-refractivity contribution in [1.29, 1.82) is 0 Å². The van der Waals surface area contributed by atoms with Gasteiger partial charge in [-0.1, -0.05) is 75.9 Å². The lowest BCUT2D eigenvalue weighted by atomic mass is 10.1. The second-order valence-corrected chi connectivity index (χ2v) is 4.17. The molecule has 0 bridgehead atoms. The van der Waals surface area contributed by atoms with Crippen LogP contribution in [0.5, 0.6) is 0 Å². The first-order valence-electron chi connectivity index (χ1n) is 7.18. The Hall–Kier alpha value is -1.11. The van der Waals surface area contributed by atoms with Gasteiger partial charge in [0.1, 0.15) is 5.78 Å². The molecule has 18 heavy (non-hydrogen) atoms. The predicted octanol–water partition coefficient (Wildman–Crippen LogP) is 5.57. The van der Waals surface area contributed by atoms with Crippen LogP contribution in [0.15, 0.2) is 30.3 Å². The molecule has 0 aliphatic heterocycles. The zero-order chi connectivity index (χ0) is 14.2. The third-order valence-corrected chi connectivity index (χ3v) is 2.32. The molecule has 0 heterocycles. The highest BCUT2D eigenvalue weighted by Crippen LogP contribution is 2.01. The van der Waals surface area contributed by atoms with Gasteiger partial charge in [0.2, 0.25) is 0 Å². The van der Waals surface area contributed by atoms with Gasteiger partial charge in [0.15, 0.2) is 0 Å². The Kier molecular flexibility index (Phi) is 17.0. The number of carbonyl (C=O) groups excluding carboxylic acids is 1. The summed E-state index contributed by atoms with van der Waals surface area (Å²) in [7, 11) is 0. The van der Waals surface area contributed by atoms with Crippen LogP contribution >= 0.6 is 0 Å². The van der Waals surface area contributed by atoms with Crippen LogP contribution in [-0.4, -0.2) is 5.78 Å². The molecule has 0 atom stereocenters. The van der Waals surface area contributed by atoms with E-state index in [2.05, 4.69) is 26.0 Å². The van der Waals surface area contributed by atoms with E-state index in [1.54, 1.807) is 6.92 Å². The topological polar surface area (TPSA) is 17.1 Å². The van der Waals surface area contributed by atoms with Gasteiger partial charge in [0.25, 0.3) is 0 Å². The molecular weight excluding hydrogens is 220 g/mol. The quantitative estimate of drug-likeness (QED) is 0.625. The molecule has 0 aromatic heterocycles. The van der Waals surface area contributed by atoms with E-state index < -0.39 is 0 Å². The van der Waals surface area contributed by atoms with E-state index >= 15 is 0 Å². The summed E-state index contributed by atoms with van der Waals surface area (Å²) in [6.07, 6.45) is 5.60. The number of hydrogen-bond acceptors (Lipinski definition) is 1. The second kappa shape index (κ2) is 15.9. The molecule has 1 heteroatoms. The van der Waals surface area contributed by atoms with Crippen LogP contribution in [0.2, 0.25) is 0 Å². The van der Waals surface area contributed by atoms with Gasteiger partial charge >= 0.3 is 0 Å². The van der Waals surface area contributed by atoms with E-state index in [1.165, 1.54) is 24.8 Å². The predicted molar refractivity (Wildman–Crippen MR) is 82.0 cm³/mol. The molecule has 0 radical (unpaired) electrons. The number of aryl methyl sites for hydroxylation is 1. The molecule has 0 amide bonds. The minimum Gasteiger partial charge on any atom is -0.300 e. The Balaban J connectivity index is 0. The van der Waals surface area contributed by atoms with Crippen molar-refractivity contribution in [3.8, 4) is 0 Å². The van der Waals surface area contributed by atoms with Crippen molar-refractivity contribution < 1.29 is 4.79 Å². The lowest BCUT2D eigenvalue weighted by molar-refractivity contribution is -0.117. The maximum atomic E-state index is 10.4. The lowest BCUT2D eigenvalue weighted by Gasteiger charge is -1.93. The third-order valence-electron chi connectivity index (χ3n) is 2.32. The van der Waals surface area contributed by atoms with E-state index in [9.17, 15) is 4.79 Å². The van der Waals surface area contributed by atoms with Gasteiger partial charge in [0.05, 0.1) is 0 Å². The molecule has 1 aromatic carbocycles. The van der Waals surface area contributed by atoms with E-state index in [4.69, 9.17) is 0 Å². The average Bonchev–Trinajstić information content (AvgIpc) is 2.39. The molecule has 1 nitrogen and oxygen atoms in total. The van der Waals surface area contributed by atoms with E-state index in [0.717, 1.165) is 12.8 Å². The maximum absolute atomic E-state index is 10.4. The van der Waals surface area contributed by atoms with E-state index in [1.807, 2.05) is 32.0 Å². The van der Waals surface area contributed by atoms with Gasteiger partial charge in [0, 0.05) is 6.42 Å². The summed E-state index contributed by atoms with van der Waals surface area (Å²) in [5.74, 6) is 0.325. The molecule has 0 aliphatic carbocycles. The number of benzene rings is 1. The number of rotatable bonds is 5. The lowest BCUT2D eigenvalue weighted by Crippen LogP contribution is -1.88. The van der Waals surface area contributed by atoms with Gasteiger partial charge in [-0.3, -0.25) is 0 Å². The molecule has 0 unspecified atom stereocenters. The van der Waals surface area contributed by atoms with E-state index in [0.29, 0.717) is 5.78 Å². The summed E-state index contributed by atoms with van der Waals surface area (Å²) >= 11 is 0. The Bertz CT molecular complexity index is 264. The van der Waals surface area contributed by atoms with Crippen molar-refractivity contribution in [3.63, 3.8) is 0 Å². The number of Topliss-reactive ketones (excluding diaryl/α,β-unsaturated/α-hetero) is 1. The first-order valence-corrected chi connectivity index (χ1v) is 7.18. The molecule has 1 rings (SSSR count). The smallest absolute Gasteiger partial charge is 0.129 e. The summed E-state index contributed by atoms with van der Waals surface area (Å²) in [4.78, 5) is 10.4. The third kappa shape index (κ3) is 17.3. The van der Waals surface area contributed by atoms with Crippen molar-refractivity contribution >= 4 is 5.78 Å². The molecule has 0 spiro atoms. The van der Waals surface area contributed by atoms with Crippen LogP contribution in [0.25, 0.3) is 0 Å². The van der Waals surface area contributed by atoms with Crippen LogP contribution in [0.3, 0.4) is 0 Å². The Labute approximate surface area is 114 Å². The number of hydrogen-bond donors (Lipinski definition) is 0. The summed E-state index contributed by atoms with van der Waals surface area (Å²) in [5.41, 5.74) is 1.32. The Morgan fingerprint density at radius 1 is 1.00 bits per heavy atom. The van der Waals surface area contributed by atoms with E-state index in [-0.39, 0.29) is 0 Å². The van der Waals surface area contributed by atoms with Gasteiger partial charge in [-0.05, 0) is 20.3 Å². The standard InChI is InChI=1S/C8H16O.C7H8.C2H6/c1-3-4-5-6-7-8(2)9;1-7-5-3-2-4-6-7;1-2/h3-7H2,1-2H3;2-6H,1H3;1-2H3. The molecule has 0 fully saturated rings. The first-order chi connectivity index (χ1) is 8.66. The largest absolute Gasteiger partial charge is 0.300 e. The van der Waals surface area contributed by atoms with Gasteiger partial charge in [-0.2, -0.15) is 0 Å². The van der Waals surface area contributed by atoms with Crippen molar-refractivity contribution in [1.82, 2.24) is 0 Å². The number of ketones is 1. The fourth-order valence-electron chi connectivity index (χ4n) is 1.34. The summed E-state index contributed by atoms with van der Waals surface area (Å²) in [5, 5.41) is 0. The van der Waals surface area contributed by atoms with Gasteiger partial charge in [-0.15, -0.1) is 0 Å². The first kappa shape index (κ1) is 19.2. The van der Waals surface area contributed by atoms with Crippen molar-refractivity contribution in [2.24, 2.45) is 0 Å². The zero-order valence-electron chi connectivity index (χ0n) is 12.8. The second-order valence-electron chi connectivity index (χ2n) is 4.17. The van der Waals surface area contributed by atoms with Crippen LogP contribution < -0.4 is 0 Å². The number of unbranched alkanes of at least 4 members (excludes halogenated alkanes) is 3. The SMILES string of the molecule is CC.CCCCCCC(C)=O.Cc1ccccc1. The zero-order valence-corrected chi connectivity index (χ0v) is 12.8. The van der Waals surface area contributed by atoms with Crippen LogP contribution in [0, 0.1) is 6.92 Å². The number of carbonyl (C=O) groups is 1. The molecule has 0 saturated heterocycles. The van der Waals surface area contributed by atoms with Crippen molar-refractivity contribution in [3.05, 3.63) is 35.9 Å². The highest BCUT2D eigenvalue weighted by molar-refractivity contribution is 5.75. The highest BCUT2D eigenvalue weighted by atomic mass is 16.1. The van der Waals surface area contributed by atoms with Gasteiger partial charge < -0.3 is 4.79 Å². The minimum atomic E-state index is 0.325. The molecule has 0 aliphatic rings. The summed E-state index contributed by atoms with van der Waals surface area (Å²) in [6, 6.07) is 10.3. The van der Waals surface area contributed by atoms with Crippen LogP contribution in [-0.2, 0) is 4.79 Å². The monoisotopic (exact) mass is 250 g/mol. The molecule has 0 N–H and O–H groups in total. The molecule has 1 aromatic rings. The van der Waals surface area contributed by atoms with Crippen molar-refractivity contribution in [2.75, 3.05) is 0 Å². The maximum Gasteiger partial charge on any atom is 0.129 e. The normalized spacial score (nSPS) is 8.50. The molecule has 104 valence electrons. The average molecular weight is 250 g/mol. The van der Waals surface area contributed by atoms with Crippen LogP contribution in [0.1, 0.15) is 65.4 Å².